The molecule has 0 aromatic carbocycles. The number of hydrogen-bond donors (Lipinski definition) is 4. The molecule has 8 heteroatoms. The number of nitrogens with two attached hydrogens (primary N) is 2. The summed E-state index contributed by atoms with van der Waals surface area (Å²) in [4.78, 5) is 21.1. The first-order valence-electron chi connectivity index (χ1n) is 2.86. The van der Waals surface area contributed by atoms with E-state index < -0.39 is 11.8 Å². The topological polar surface area (TPSA) is 122 Å². The third kappa shape index (κ3) is 4.04. The minimum atomic E-state index is -0.396. The van der Waals surface area contributed by atoms with Crippen LogP contribution in [0.1, 0.15) is 0 Å². The van der Waals surface area contributed by atoms with E-state index in [9.17, 15) is 9.59 Å². The smallest absolute Gasteiger partial charge is 0.266 e. The molecule has 0 aromatic heterocycles. The molecule has 0 spiro atoms. The molecule has 0 unspecified atom stereocenters. The van der Waals surface area contributed by atoms with Gasteiger partial charge in [-0.05, 0) is 31.9 Å². The van der Waals surface area contributed by atoms with Crippen LogP contribution in [-0.4, -0.2) is 17.8 Å². The number of halogens is 2. The zero-order chi connectivity index (χ0) is 10.6. The quantitative estimate of drug-likeness (QED) is 0.273. The van der Waals surface area contributed by atoms with Crippen LogP contribution in [0.15, 0.2) is 8.96 Å². The van der Waals surface area contributed by atoms with E-state index in [2.05, 4.69) is 48.6 Å². The minimum Gasteiger partial charge on any atom is -0.370 e. The normalized spacial score (nSPS) is 14.9. The first kappa shape index (κ1) is 12.1. The number of nitrogens with one attached hydrogen (secondary N) is 2. The molecule has 1 heterocycles. The standard InChI is InChI=1S/C4HBr2NO2.CH5N3/c5-1-2(6)4(9)7-3(1)8;2-1(3)4/h(H,7,8,9);(H5,2,3,4). The van der Waals surface area contributed by atoms with Gasteiger partial charge >= 0.3 is 0 Å². The van der Waals surface area contributed by atoms with Crippen molar-refractivity contribution in [2.75, 3.05) is 0 Å². The Morgan fingerprint density at radius 3 is 1.46 bits per heavy atom. The minimum absolute atomic E-state index is 0.257. The number of guanidine groups is 1. The van der Waals surface area contributed by atoms with E-state index in [-0.39, 0.29) is 14.9 Å². The van der Waals surface area contributed by atoms with Crippen LogP contribution in [0.3, 0.4) is 0 Å². The van der Waals surface area contributed by atoms with Crippen molar-refractivity contribution in [2.24, 2.45) is 11.5 Å². The summed E-state index contributed by atoms with van der Waals surface area (Å²) in [5.41, 5.74) is 8.94. The Balaban J connectivity index is 0.000000310. The van der Waals surface area contributed by atoms with Crippen molar-refractivity contribution in [1.29, 1.82) is 5.41 Å². The van der Waals surface area contributed by atoms with Crippen molar-refractivity contribution < 1.29 is 9.59 Å². The Hall–Kier alpha value is -0.890. The average Bonchev–Trinajstić information content (AvgIpc) is 2.17. The highest BCUT2D eigenvalue weighted by molar-refractivity contribution is 9.14. The molecule has 0 aromatic rings. The lowest BCUT2D eigenvalue weighted by atomic mass is 10.6. The summed E-state index contributed by atoms with van der Waals surface area (Å²) >= 11 is 5.82. The van der Waals surface area contributed by atoms with Crippen molar-refractivity contribution in [2.45, 2.75) is 0 Å². The number of carbonyl (C=O) groups is 2. The lowest BCUT2D eigenvalue weighted by molar-refractivity contribution is -0.123. The predicted molar refractivity (Wildman–Crippen MR) is 54.1 cm³/mol. The Morgan fingerprint density at radius 1 is 1.15 bits per heavy atom. The zero-order valence-corrected chi connectivity index (χ0v) is 9.40. The summed E-state index contributed by atoms with van der Waals surface area (Å²) in [6.45, 7) is 0. The van der Waals surface area contributed by atoms with E-state index in [1.807, 2.05) is 0 Å². The molecule has 0 aliphatic carbocycles. The van der Waals surface area contributed by atoms with E-state index in [0.29, 0.717) is 0 Å². The second-order valence-corrected chi connectivity index (χ2v) is 3.45. The van der Waals surface area contributed by atoms with Gasteiger partial charge in [0.15, 0.2) is 5.96 Å². The fourth-order valence-corrected chi connectivity index (χ4v) is 0.971. The first-order chi connectivity index (χ1) is 5.86. The van der Waals surface area contributed by atoms with Crippen molar-refractivity contribution in [1.82, 2.24) is 5.32 Å². The maximum atomic E-state index is 10.5. The van der Waals surface area contributed by atoms with Crippen molar-refractivity contribution >= 4 is 49.6 Å². The lowest BCUT2D eigenvalue weighted by Gasteiger charge is -1.83. The Labute approximate surface area is 90.5 Å². The first-order valence-corrected chi connectivity index (χ1v) is 4.45. The molecule has 1 aliphatic rings. The summed E-state index contributed by atoms with van der Waals surface area (Å²) in [6, 6.07) is 0. The highest BCUT2D eigenvalue weighted by atomic mass is 79.9. The zero-order valence-electron chi connectivity index (χ0n) is 6.23. The van der Waals surface area contributed by atoms with Crippen LogP contribution < -0.4 is 16.8 Å². The van der Waals surface area contributed by atoms with Crippen LogP contribution in [0.4, 0.5) is 0 Å². The van der Waals surface area contributed by atoms with Gasteiger partial charge in [0.1, 0.15) is 8.96 Å². The van der Waals surface area contributed by atoms with E-state index in [0.717, 1.165) is 0 Å². The molecule has 1 rings (SSSR count). The molecule has 1 aliphatic heterocycles. The van der Waals surface area contributed by atoms with E-state index in [1.165, 1.54) is 0 Å². The van der Waals surface area contributed by atoms with Gasteiger partial charge in [0.2, 0.25) is 0 Å². The summed E-state index contributed by atoms with van der Waals surface area (Å²) in [5.74, 6) is -1.13. The van der Waals surface area contributed by atoms with Gasteiger partial charge < -0.3 is 11.5 Å². The summed E-state index contributed by atoms with van der Waals surface area (Å²) in [5, 5.41) is 8.13. The average molecular weight is 314 g/mol. The monoisotopic (exact) mass is 312 g/mol. The number of hydrogen-bond acceptors (Lipinski definition) is 3. The Bertz CT molecular complexity index is 273. The molecule has 6 N–H and O–H groups in total. The number of carbonyl (C=O) groups excluding carboxylic acids is 2. The van der Waals surface area contributed by atoms with Crippen molar-refractivity contribution in [3.63, 3.8) is 0 Å². The van der Waals surface area contributed by atoms with E-state index >= 15 is 0 Å². The molecule has 0 atom stereocenters. The predicted octanol–water partition coefficient (Wildman–Crippen LogP) is -0.517. The van der Waals surface area contributed by atoms with Gasteiger partial charge in [-0.15, -0.1) is 0 Å². The summed E-state index contributed by atoms with van der Waals surface area (Å²) < 4.78 is 0.514. The molecular weight excluding hydrogens is 308 g/mol. The fourth-order valence-electron chi connectivity index (χ4n) is 0.412. The van der Waals surface area contributed by atoms with Crippen LogP contribution >= 0.6 is 31.9 Å². The Morgan fingerprint density at radius 2 is 1.38 bits per heavy atom. The second-order valence-electron chi connectivity index (χ2n) is 1.87. The molecule has 0 fully saturated rings. The van der Waals surface area contributed by atoms with Crippen LogP contribution in [0.25, 0.3) is 0 Å². The number of imide groups is 1. The molecule has 6 nitrogen and oxygen atoms in total. The third-order valence-electron chi connectivity index (χ3n) is 0.818. The number of rotatable bonds is 0. The van der Waals surface area contributed by atoms with Crippen LogP contribution in [0.5, 0.6) is 0 Å². The van der Waals surface area contributed by atoms with Gasteiger partial charge in [-0.3, -0.25) is 20.3 Å². The number of amides is 2. The summed E-state index contributed by atoms with van der Waals surface area (Å²) in [6.07, 6.45) is 0. The fraction of sp³-hybridized carbons (Fsp3) is 0. The van der Waals surface area contributed by atoms with E-state index in [4.69, 9.17) is 5.41 Å². The van der Waals surface area contributed by atoms with Gasteiger partial charge in [0.05, 0.1) is 0 Å². The van der Waals surface area contributed by atoms with Crippen LogP contribution in [-0.2, 0) is 9.59 Å². The van der Waals surface area contributed by atoms with Gasteiger partial charge in [-0.1, -0.05) is 0 Å². The van der Waals surface area contributed by atoms with Gasteiger partial charge in [-0.25, -0.2) is 0 Å². The maximum Gasteiger partial charge on any atom is 0.266 e. The summed E-state index contributed by atoms with van der Waals surface area (Å²) in [7, 11) is 0. The van der Waals surface area contributed by atoms with Crippen molar-refractivity contribution in [3.8, 4) is 0 Å². The highest BCUT2D eigenvalue weighted by Crippen LogP contribution is 2.22. The molecule has 0 saturated carbocycles. The molecule has 0 saturated heterocycles. The van der Waals surface area contributed by atoms with Gasteiger partial charge in [0, 0.05) is 0 Å². The molecule has 0 bridgehead atoms. The second kappa shape index (κ2) is 4.97. The third-order valence-corrected chi connectivity index (χ3v) is 2.86. The molecular formula is C5H6Br2N4O2. The highest BCUT2D eigenvalue weighted by Gasteiger charge is 2.25. The molecule has 2 amide bonds. The lowest BCUT2D eigenvalue weighted by Crippen LogP contribution is -2.21. The Kier molecular flexibility index (Phi) is 4.63. The van der Waals surface area contributed by atoms with Crippen LogP contribution in [0, 0.1) is 5.41 Å². The molecule has 13 heavy (non-hydrogen) atoms. The SMILES string of the molecule is N=C(N)N.O=C1NC(=O)C(Br)=C1Br. The van der Waals surface area contributed by atoms with Crippen LogP contribution in [0.2, 0.25) is 0 Å². The van der Waals surface area contributed by atoms with Crippen molar-refractivity contribution in [3.05, 3.63) is 8.96 Å². The van der Waals surface area contributed by atoms with Gasteiger partial charge in [-0.2, -0.15) is 0 Å². The van der Waals surface area contributed by atoms with Gasteiger partial charge in [0.25, 0.3) is 11.8 Å². The molecule has 0 radical (unpaired) electrons. The maximum absolute atomic E-state index is 10.5. The van der Waals surface area contributed by atoms with E-state index in [1.54, 1.807) is 0 Å². The largest absolute Gasteiger partial charge is 0.370 e. The molecule has 72 valence electrons.